The maximum Gasteiger partial charge on any atom is 0.224 e. The Morgan fingerprint density at radius 3 is 2.78 bits per heavy atom. The van der Waals surface area contributed by atoms with Crippen LogP contribution in [0.3, 0.4) is 0 Å². The molecule has 0 saturated carbocycles. The molecule has 0 aromatic carbocycles. The normalized spacial score (nSPS) is 14.7. The molecule has 6 heterocycles. The van der Waals surface area contributed by atoms with Gasteiger partial charge in [0.25, 0.3) is 0 Å². The summed E-state index contributed by atoms with van der Waals surface area (Å²) in [6.45, 7) is 5.87. The Hall–Kier alpha value is -4.44. The van der Waals surface area contributed by atoms with Crippen LogP contribution in [0.1, 0.15) is 36.5 Å². The third-order valence-electron chi connectivity index (χ3n) is 6.09. The number of aliphatic imine (C=N–C) groups is 1. The number of hydrogen-bond acceptors (Lipinski definition) is 8. The number of nitrogens with one attached hydrogen (secondary N) is 3. The highest BCUT2D eigenvalue weighted by atomic mass is 32.1. The fourth-order valence-electron chi connectivity index (χ4n) is 4.31. The lowest BCUT2D eigenvalue weighted by Crippen LogP contribution is -2.25. The summed E-state index contributed by atoms with van der Waals surface area (Å²) in [5.41, 5.74) is 6.45. The van der Waals surface area contributed by atoms with E-state index in [1.165, 1.54) is 4.88 Å². The van der Waals surface area contributed by atoms with Crippen molar-refractivity contribution in [2.75, 3.05) is 10.6 Å². The lowest BCUT2D eigenvalue weighted by atomic mass is 10.0. The molecular weight excluding hydrogens is 484 g/mol. The predicted octanol–water partition coefficient (Wildman–Crippen LogP) is 5.41. The monoisotopic (exact) mass is 508 g/mol. The Kier molecular flexibility index (Phi) is 5.72. The van der Waals surface area contributed by atoms with Crippen molar-refractivity contribution in [2.45, 2.75) is 33.4 Å². The number of carbonyl (C=O) groups excluding carboxylic acids is 1. The Morgan fingerprint density at radius 2 is 1.97 bits per heavy atom. The van der Waals surface area contributed by atoms with Gasteiger partial charge >= 0.3 is 0 Å². The molecule has 184 valence electrons. The molecule has 5 aromatic rings. The molecular formula is C27H24N8OS. The molecule has 10 heteroatoms. The topological polar surface area (TPSA) is 121 Å². The maximum absolute atomic E-state index is 11.9. The van der Waals surface area contributed by atoms with Crippen LogP contribution in [0.25, 0.3) is 32.7 Å². The van der Waals surface area contributed by atoms with Crippen LogP contribution in [0, 0.1) is 6.92 Å². The minimum Gasteiger partial charge on any atom is -0.348 e. The number of aromatic amines is 1. The van der Waals surface area contributed by atoms with Crippen LogP contribution in [0.2, 0.25) is 0 Å². The molecule has 1 unspecified atom stereocenters. The van der Waals surface area contributed by atoms with Gasteiger partial charge in [0, 0.05) is 46.6 Å². The smallest absolute Gasteiger partial charge is 0.224 e. The number of amides is 1. The van der Waals surface area contributed by atoms with Crippen molar-refractivity contribution in [3.63, 3.8) is 0 Å². The largest absolute Gasteiger partial charge is 0.348 e. The van der Waals surface area contributed by atoms with Crippen LogP contribution < -0.4 is 10.6 Å². The molecule has 1 aliphatic heterocycles. The van der Waals surface area contributed by atoms with E-state index in [9.17, 15) is 4.79 Å². The summed E-state index contributed by atoms with van der Waals surface area (Å²) in [7, 11) is 0. The average molecular weight is 509 g/mol. The molecule has 1 amide bonds. The van der Waals surface area contributed by atoms with Gasteiger partial charge in [-0.15, -0.1) is 11.3 Å². The Labute approximate surface area is 217 Å². The SMILES string of the molecule is CCC(=O)Nc1cncc(-c2cnc3c(c2)C(c2nc4c(-c5ccc(C)s5)nccc4[nH]2)=NC(C)N3)c1. The van der Waals surface area contributed by atoms with E-state index in [4.69, 9.17) is 15.0 Å². The van der Waals surface area contributed by atoms with Gasteiger partial charge in [-0.05, 0) is 44.2 Å². The van der Waals surface area contributed by atoms with Gasteiger partial charge in [-0.2, -0.15) is 0 Å². The second-order valence-corrected chi connectivity index (χ2v) is 10.1. The van der Waals surface area contributed by atoms with E-state index in [0.29, 0.717) is 17.9 Å². The summed E-state index contributed by atoms with van der Waals surface area (Å²) in [6.07, 6.45) is 7.21. The van der Waals surface area contributed by atoms with Crippen molar-refractivity contribution >= 4 is 45.5 Å². The quantitative estimate of drug-likeness (QED) is 0.292. The van der Waals surface area contributed by atoms with Crippen molar-refractivity contribution in [3.05, 3.63) is 71.4 Å². The molecule has 9 nitrogen and oxygen atoms in total. The Bertz CT molecular complexity index is 1690. The summed E-state index contributed by atoms with van der Waals surface area (Å²) in [5, 5.41) is 6.20. The van der Waals surface area contributed by atoms with Crippen LogP contribution in [0.15, 0.2) is 60.1 Å². The summed E-state index contributed by atoms with van der Waals surface area (Å²) < 4.78 is 0. The molecule has 6 rings (SSSR count). The third-order valence-corrected chi connectivity index (χ3v) is 7.09. The molecule has 3 N–H and O–H groups in total. The van der Waals surface area contributed by atoms with Gasteiger partial charge in [-0.3, -0.25) is 19.8 Å². The average Bonchev–Trinajstić information content (AvgIpc) is 3.54. The molecule has 0 spiro atoms. The second kappa shape index (κ2) is 9.21. The van der Waals surface area contributed by atoms with E-state index in [1.54, 1.807) is 36.1 Å². The van der Waals surface area contributed by atoms with Crippen LogP contribution in [-0.2, 0) is 4.79 Å². The van der Waals surface area contributed by atoms with E-state index >= 15 is 0 Å². The zero-order valence-corrected chi connectivity index (χ0v) is 21.3. The number of hydrogen-bond donors (Lipinski definition) is 3. The molecule has 1 aliphatic rings. The van der Waals surface area contributed by atoms with E-state index < -0.39 is 0 Å². The van der Waals surface area contributed by atoms with Crippen molar-refractivity contribution in [2.24, 2.45) is 4.99 Å². The Balaban J connectivity index is 1.43. The standard InChI is InChI=1S/C27H24N8OS/c1-4-22(36)33-18-9-16(11-28-13-18)17-10-19-23(31-15(3)32-26(19)30-12-17)27-34-20-7-8-29-25(24(20)35-27)21-6-5-14(2)37-21/h5-13,15H,4H2,1-3H3,(H,30,32)(H,33,36)(H,34,35). The molecule has 0 saturated heterocycles. The number of thiophene rings is 1. The van der Waals surface area contributed by atoms with E-state index in [1.807, 2.05) is 32.0 Å². The highest BCUT2D eigenvalue weighted by Crippen LogP contribution is 2.33. The lowest BCUT2D eigenvalue weighted by Gasteiger charge is -2.22. The zero-order valence-electron chi connectivity index (χ0n) is 20.5. The minimum atomic E-state index is -0.166. The minimum absolute atomic E-state index is 0.0634. The summed E-state index contributed by atoms with van der Waals surface area (Å²) >= 11 is 1.70. The van der Waals surface area contributed by atoms with Crippen LogP contribution in [0.5, 0.6) is 0 Å². The molecule has 0 fully saturated rings. The summed E-state index contributed by atoms with van der Waals surface area (Å²) in [6, 6.07) is 10.0. The van der Waals surface area contributed by atoms with Gasteiger partial charge in [-0.25, -0.2) is 9.97 Å². The van der Waals surface area contributed by atoms with Crippen molar-refractivity contribution in [1.82, 2.24) is 24.9 Å². The van der Waals surface area contributed by atoms with E-state index in [0.717, 1.165) is 49.8 Å². The highest BCUT2D eigenvalue weighted by molar-refractivity contribution is 7.15. The maximum atomic E-state index is 11.9. The third kappa shape index (κ3) is 4.36. The number of aromatic nitrogens is 5. The second-order valence-electron chi connectivity index (χ2n) is 8.83. The van der Waals surface area contributed by atoms with Crippen molar-refractivity contribution < 1.29 is 4.79 Å². The number of pyridine rings is 3. The fraction of sp³-hybridized carbons (Fsp3) is 0.185. The van der Waals surface area contributed by atoms with E-state index in [-0.39, 0.29) is 12.1 Å². The number of imidazole rings is 1. The first-order chi connectivity index (χ1) is 18.0. The van der Waals surface area contributed by atoms with Gasteiger partial charge in [0.15, 0.2) is 5.82 Å². The first-order valence-corrected chi connectivity index (χ1v) is 12.8. The van der Waals surface area contributed by atoms with Crippen molar-refractivity contribution in [3.8, 4) is 21.7 Å². The number of anilines is 2. The number of carbonyl (C=O) groups is 1. The van der Waals surface area contributed by atoms with Gasteiger partial charge in [0.2, 0.25) is 5.91 Å². The molecule has 1 atom stereocenters. The summed E-state index contributed by atoms with van der Waals surface area (Å²) in [4.78, 5) is 41.1. The first kappa shape index (κ1) is 23.0. The van der Waals surface area contributed by atoms with Gasteiger partial charge in [-0.1, -0.05) is 6.92 Å². The van der Waals surface area contributed by atoms with Gasteiger partial charge in [0.1, 0.15) is 28.9 Å². The van der Waals surface area contributed by atoms with E-state index in [2.05, 4.69) is 44.6 Å². The molecule has 5 aromatic heterocycles. The molecule has 0 bridgehead atoms. The molecule has 0 aliphatic carbocycles. The van der Waals surface area contributed by atoms with Crippen LogP contribution in [0.4, 0.5) is 11.5 Å². The van der Waals surface area contributed by atoms with Gasteiger partial charge in [0.05, 0.1) is 22.3 Å². The number of fused-ring (bicyclic) bond motifs is 2. The number of nitrogens with zero attached hydrogens (tertiary/aromatic N) is 5. The zero-order chi connectivity index (χ0) is 25.5. The Morgan fingerprint density at radius 1 is 1.11 bits per heavy atom. The fourth-order valence-corrected chi connectivity index (χ4v) is 5.17. The highest BCUT2D eigenvalue weighted by Gasteiger charge is 2.24. The van der Waals surface area contributed by atoms with Gasteiger partial charge < -0.3 is 15.6 Å². The van der Waals surface area contributed by atoms with Crippen LogP contribution >= 0.6 is 11.3 Å². The molecule has 0 radical (unpaired) electrons. The van der Waals surface area contributed by atoms with Crippen LogP contribution in [-0.4, -0.2) is 42.7 Å². The number of H-pyrrole nitrogens is 1. The first-order valence-electron chi connectivity index (χ1n) is 12.0. The number of rotatable bonds is 5. The lowest BCUT2D eigenvalue weighted by molar-refractivity contribution is -0.115. The molecule has 37 heavy (non-hydrogen) atoms. The predicted molar refractivity (Wildman–Crippen MR) is 147 cm³/mol. The number of aryl methyl sites for hydroxylation is 1. The van der Waals surface area contributed by atoms with Crippen molar-refractivity contribution in [1.29, 1.82) is 0 Å². The summed E-state index contributed by atoms with van der Waals surface area (Å²) in [5.74, 6) is 1.33.